The molecule has 1 heterocycles. The second kappa shape index (κ2) is 11.6. The van der Waals surface area contributed by atoms with E-state index in [1.165, 1.54) is 11.8 Å². The van der Waals surface area contributed by atoms with Crippen LogP contribution in [0.2, 0.25) is 10.0 Å². The maximum atomic E-state index is 11.3. The Labute approximate surface area is 242 Å². The minimum Gasteiger partial charge on any atom is -0.490 e. The van der Waals surface area contributed by atoms with Crippen molar-refractivity contribution in [1.82, 2.24) is 0 Å². The van der Waals surface area contributed by atoms with Gasteiger partial charge in [-0.1, -0.05) is 47.5 Å². The topological polar surface area (TPSA) is 89.9 Å². The summed E-state index contributed by atoms with van der Waals surface area (Å²) in [5.74, 6) is 1.20. The number of sulfone groups is 1. The van der Waals surface area contributed by atoms with E-state index in [0.29, 0.717) is 22.2 Å². The molecule has 3 aromatic carbocycles. The number of carboxylic acid groups (broad SMARTS) is 1. The van der Waals surface area contributed by atoms with Gasteiger partial charge in [0.1, 0.15) is 21.7 Å². The fourth-order valence-corrected chi connectivity index (χ4v) is 7.75. The SMILES string of the molecule is CS(=O)(=O)CCCOc1c(Cl)cc(-c2cccc3c2CCC3Oc2ccc3c(c2)SC[C@H]3CC(=O)O)cc1Cl. The molecule has 5 rings (SSSR count). The summed E-state index contributed by atoms with van der Waals surface area (Å²) in [7, 11) is -3.06. The van der Waals surface area contributed by atoms with E-state index < -0.39 is 15.8 Å². The molecule has 0 bridgehead atoms. The van der Waals surface area contributed by atoms with Gasteiger partial charge in [-0.2, -0.15) is 0 Å². The van der Waals surface area contributed by atoms with E-state index in [1.807, 2.05) is 42.5 Å². The van der Waals surface area contributed by atoms with Crippen LogP contribution in [0.1, 0.15) is 48.0 Å². The van der Waals surface area contributed by atoms with Crippen molar-refractivity contribution in [3.8, 4) is 22.6 Å². The number of benzene rings is 3. The fraction of sp³-hybridized carbons (Fsp3) is 0.345. The van der Waals surface area contributed by atoms with E-state index in [0.717, 1.165) is 51.5 Å². The van der Waals surface area contributed by atoms with Crippen molar-refractivity contribution in [1.29, 1.82) is 0 Å². The predicted molar refractivity (Wildman–Crippen MR) is 156 cm³/mol. The number of aliphatic carboxylic acids is 1. The average molecular weight is 608 g/mol. The largest absolute Gasteiger partial charge is 0.490 e. The van der Waals surface area contributed by atoms with Crippen LogP contribution in [0, 0.1) is 0 Å². The third-order valence-electron chi connectivity index (χ3n) is 7.00. The highest BCUT2D eigenvalue weighted by Crippen LogP contribution is 2.46. The van der Waals surface area contributed by atoms with Gasteiger partial charge in [-0.05, 0) is 71.3 Å². The smallest absolute Gasteiger partial charge is 0.303 e. The number of carboxylic acids is 1. The molecule has 0 saturated carbocycles. The fourth-order valence-electron chi connectivity index (χ4n) is 5.23. The number of rotatable bonds is 10. The van der Waals surface area contributed by atoms with Gasteiger partial charge >= 0.3 is 5.97 Å². The lowest BCUT2D eigenvalue weighted by Crippen LogP contribution is -2.08. The van der Waals surface area contributed by atoms with Crippen LogP contribution >= 0.6 is 35.0 Å². The Bertz CT molecular complexity index is 1500. The van der Waals surface area contributed by atoms with E-state index in [2.05, 4.69) is 6.07 Å². The first-order valence-electron chi connectivity index (χ1n) is 12.7. The number of halogens is 2. The molecule has 3 aromatic rings. The van der Waals surface area contributed by atoms with Gasteiger partial charge in [-0.25, -0.2) is 8.42 Å². The summed E-state index contributed by atoms with van der Waals surface area (Å²) in [6.07, 6.45) is 3.27. The van der Waals surface area contributed by atoms with Crippen molar-refractivity contribution in [3.63, 3.8) is 0 Å². The molecule has 0 radical (unpaired) electrons. The summed E-state index contributed by atoms with van der Waals surface area (Å²) < 4.78 is 34.8. The summed E-state index contributed by atoms with van der Waals surface area (Å²) in [6.45, 7) is 0.201. The van der Waals surface area contributed by atoms with Crippen LogP contribution in [0.15, 0.2) is 53.4 Å². The van der Waals surface area contributed by atoms with Crippen LogP contribution in [0.5, 0.6) is 11.5 Å². The Kier molecular flexibility index (Phi) is 8.38. The van der Waals surface area contributed by atoms with E-state index >= 15 is 0 Å². The summed E-state index contributed by atoms with van der Waals surface area (Å²) in [5.41, 5.74) is 5.31. The van der Waals surface area contributed by atoms with E-state index in [4.69, 9.17) is 32.7 Å². The monoisotopic (exact) mass is 606 g/mol. The third kappa shape index (κ3) is 6.51. The molecule has 1 aliphatic heterocycles. The van der Waals surface area contributed by atoms with Crippen molar-refractivity contribution in [2.24, 2.45) is 0 Å². The van der Waals surface area contributed by atoms with Crippen molar-refractivity contribution in [2.45, 2.75) is 42.6 Å². The summed E-state index contributed by atoms with van der Waals surface area (Å²) in [5, 5.41) is 9.92. The number of carbonyl (C=O) groups is 1. The minimum absolute atomic E-state index is 0.0363. The highest BCUT2D eigenvalue weighted by Gasteiger charge is 2.29. The van der Waals surface area contributed by atoms with Crippen LogP contribution in [0.25, 0.3) is 11.1 Å². The molecule has 6 nitrogen and oxygen atoms in total. The Hall–Kier alpha value is -2.39. The summed E-state index contributed by atoms with van der Waals surface area (Å²) in [6, 6.07) is 15.8. The highest BCUT2D eigenvalue weighted by atomic mass is 35.5. The van der Waals surface area contributed by atoms with Gasteiger partial charge < -0.3 is 14.6 Å². The van der Waals surface area contributed by atoms with Crippen LogP contribution in [0.3, 0.4) is 0 Å². The lowest BCUT2D eigenvalue weighted by molar-refractivity contribution is -0.137. The molecule has 0 fully saturated rings. The molecular formula is C29H28Cl2O6S2. The van der Waals surface area contributed by atoms with Crippen molar-refractivity contribution in [3.05, 3.63) is 75.3 Å². The minimum atomic E-state index is -3.06. The zero-order chi connectivity index (χ0) is 27.7. The first kappa shape index (κ1) is 28.1. The quantitative estimate of drug-likeness (QED) is 0.244. The molecule has 0 saturated heterocycles. The predicted octanol–water partition coefficient (Wildman–Crippen LogP) is 7.20. The second-order valence-corrected chi connectivity index (χ2v) is 14.1. The first-order chi connectivity index (χ1) is 18.6. The molecule has 2 aliphatic rings. The maximum absolute atomic E-state index is 11.3. The first-order valence-corrected chi connectivity index (χ1v) is 16.5. The Morgan fingerprint density at radius 3 is 2.59 bits per heavy atom. The highest BCUT2D eigenvalue weighted by molar-refractivity contribution is 7.99. The van der Waals surface area contributed by atoms with Gasteiger partial charge in [-0.3, -0.25) is 4.79 Å². The lowest BCUT2D eigenvalue weighted by atomic mass is 9.96. The van der Waals surface area contributed by atoms with Gasteiger partial charge in [0.05, 0.1) is 28.8 Å². The van der Waals surface area contributed by atoms with Crippen molar-refractivity contribution < 1.29 is 27.8 Å². The molecule has 0 amide bonds. The van der Waals surface area contributed by atoms with Gasteiger partial charge in [0.15, 0.2) is 5.75 Å². The number of hydrogen-bond donors (Lipinski definition) is 1. The van der Waals surface area contributed by atoms with Crippen LogP contribution in [-0.2, 0) is 21.1 Å². The molecule has 1 unspecified atom stereocenters. The van der Waals surface area contributed by atoms with Gasteiger partial charge in [0, 0.05) is 22.8 Å². The molecule has 2 atom stereocenters. The molecule has 0 spiro atoms. The maximum Gasteiger partial charge on any atom is 0.303 e. The van der Waals surface area contributed by atoms with Crippen LogP contribution < -0.4 is 9.47 Å². The average Bonchev–Trinajstić information content (AvgIpc) is 3.45. The van der Waals surface area contributed by atoms with Gasteiger partial charge in [-0.15, -0.1) is 11.8 Å². The molecular weight excluding hydrogens is 579 g/mol. The third-order valence-corrected chi connectivity index (χ3v) is 9.82. The van der Waals surface area contributed by atoms with Crippen LogP contribution in [-0.4, -0.2) is 43.9 Å². The Morgan fingerprint density at radius 2 is 1.87 bits per heavy atom. The zero-order valence-corrected chi connectivity index (χ0v) is 24.4. The molecule has 10 heteroatoms. The van der Waals surface area contributed by atoms with Crippen LogP contribution in [0.4, 0.5) is 0 Å². The lowest BCUT2D eigenvalue weighted by Gasteiger charge is -2.17. The molecule has 39 heavy (non-hydrogen) atoms. The standard InChI is InChI=1S/C29H28Cl2O6S2/c1-39(34,35)11-3-10-36-29-24(30)12-17(13-25(29)31)20-4-2-5-23-22(20)8-9-26(23)37-19-6-7-21-18(14-28(32)33)16-38-27(21)15-19/h2,4-7,12-13,15,18,26H,3,8-11,14,16H2,1H3,(H,32,33)/t18-,26?/m1/s1. The van der Waals surface area contributed by atoms with Crippen molar-refractivity contribution in [2.75, 3.05) is 24.4 Å². The zero-order valence-electron chi connectivity index (χ0n) is 21.3. The van der Waals surface area contributed by atoms with Gasteiger partial charge in [0.25, 0.3) is 0 Å². The summed E-state index contributed by atoms with van der Waals surface area (Å²) >= 11 is 14.8. The number of ether oxygens (including phenoxy) is 2. The Balaban J connectivity index is 1.32. The molecule has 1 N–H and O–H groups in total. The Morgan fingerprint density at radius 1 is 1.10 bits per heavy atom. The molecule has 0 aromatic heterocycles. The second-order valence-electron chi connectivity index (χ2n) is 9.92. The van der Waals surface area contributed by atoms with Gasteiger partial charge in [0.2, 0.25) is 0 Å². The normalized spacial score (nSPS) is 18.0. The summed E-state index contributed by atoms with van der Waals surface area (Å²) in [4.78, 5) is 12.3. The van der Waals surface area contributed by atoms with E-state index in [1.54, 1.807) is 11.8 Å². The van der Waals surface area contributed by atoms with Crippen molar-refractivity contribution >= 4 is 50.8 Å². The number of hydrogen-bond acceptors (Lipinski definition) is 6. The molecule has 1 aliphatic carbocycles. The number of fused-ring (bicyclic) bond motifs is 2. The number of thioether (sulfide) groups is 1. The van der Waals surface area contributed by atoms with E-state index in [9.17, 15) is 18.3 Å². The molecule has 206 valence electrons. The van der Waals surface area contributed by atoms with E-state index in [-0.39, 0.29) is 30.8 Å².